The van der Waals surface area contributed by atoms with Crippen LogP contribution in [-0.2, 0) is 33.3 Å². The quantitative estimate of drug-likeness (QED) is 0.0202. The Balaban J connectivity index is 4.51. The van der Waals surface area contributed by atoms with Gasteiger partial charge >= 0.3 is 11.9 Å². The van der Waals surface area contributed by atoms with Crippen molar-refractivity contribution in [2.75, 3.05) is 47.5 Å². The van der Waals surface area contributed by atoms with Gasteiger partial charge in [-0.25, -0.2) is 0 Å². The SMILES string of the molecule is CC/C=C\C/C=C\C/C=C\CCCCCCCC(=O)OC(COC(=O)CCCCCCCCCCCCCCC)COC(OCC[N+](C)(C)C)C(=O)[O-]. The zero-order valence-electron chi connectivity index (χ0n) is 34.6. The molecule has 308 valence electrons. The van der Waals surface area contributed by atoms with Gasteiger partial charge in [0.1, 0.15) is 13.2 Å². The molecule has 0 bridgehead atoms. The minimum atomic E-state index is -1.62. The van der Waals surface area contributed by atoms with Crippen molar-refractivity contribution in [1.82, 2.24) is 0 Å². The van der Waals surface area contributed by atoms with Crippen LogP contribution in [-0.4, -0.2) is 82.3 Å². The fraction of sp³-hybridized carbons (Fsp3) is 0.795. The third-order valence-corrected chi connectivity index (χ3v) is 8.90. The molecule has 0 aliphatic carbocycles. The van der Waals surface area contributed by atoms with Gasteiger partial charge in [0.25, 0.3) is 0 Å². The Kier molecular flexibility index (Phi) is 34.8. The predicted molar refractivity (Wildman–Crippen MR) is 214 cm³/mol. The maximum absolute atomic E-state index is 12.7. The Morgan fingerprint density at radius 2 is 1.08 bits per heavy atom. The molecule has 53 heavy (non-hydrogen) atoms. The number of esters is 2. The van der Waals surface area contributed by atoms with E-state index in [0.29, 0.717) is 23.9 Å². The summed E-state index contributed by atoms with van der Waals surface area (Å²) in [6, 6.07) is 0. The Morgan fingerprint density at radius 3 is 1.60 bits per heavy atom. The van der Waals surface area contributed by atoms with Crippen LogP contribution in [0.2, 0.25) is 0 Å². The van der Waals surface area contributed by atoms with Crippen LogP contribution in [0.25, 0.3) is 0 Å². The minimum absolute atomic E-state index is 0.144. The summed E-state index contributed by atoms with van der Waals surface area (Å²) in [6.45, 7) is 4.59. The summed E-state index contributed by atoms with van der Waals surface area (Å²) in [5, 5.41) is 11.7. The lowest BCUT2D eigenvalue weighted by Gasteiger charge is -2.26. The van der Waals surface area contributed by atoms with Gasteiger partial charge in [0.05, 0.1) is 40.3 Å². The zero-order valence-corrected chi connectivity index (χ0v) is 34.6. The smallest absolute Gasteiger partial charge is 0.306 e. The second-order valence-electron chi connectivity index (χ2n) is 15.3. The van der Waals surface area contributed by atoms with Crippen molar-refractivity contribution in [2.24, 2.45) is 0 Å². The molecule has 0 aromatic rings. The van der Waals surface area contributed by atoms with Crippen molar-refractivity contribution in [2.45, 2.75) is 180 Å². The summed E-state index contributed by atoms with van der Waals surface area (Å²) in [5.74, 6) is -2.31. The number of allylic oxidation sites excluding steroid dienone is 6. The van der Waals surface area contributed by atoms with Crippen LogP contribution < -0.4 is 5.11 Å². The number of hydrogen-bond donors (Lipinski definition) is 0. The third-order valence-electron chi connectivity index (χ3n) is 8.90. The predicted octanol–water partition coefficient (Wildman–Crippen LogP) is 9.33. The maximum atomic E-state index is 12.7. The topological polar surface area (TPSA) is 111 Å². The molecule has 0 rings (SSSR count). The Hall–Kier alpha value is -2.49. The number of rotatable bonds is 38. The first kappa shape index (κ1) is 50.5. The Morgan fingerprint density at radius 1 is 0.585 bits per heavy atom. The third kappa shape index (κ3) is 37.6. The molecule has 0 aliphatic heterocycles. The minimum Gasteiger partial charge on any atom is -0.545 e. The molecule has 0 N–H and O–H groups in total. The van der Waals surface area contributed by atoms with Crippen LogP contribution in [0.1, 0.15) is 168 Å². The van der Waals surface area contributed by atoms with Gasteiger partial charge in [-0.3, -0.25) is 9.59 Å². The van der Waals surface area contributed by atoms with Gasteiger partial charge in [-0.05, 0) is 44.9 Å². The van der Waals surface area contributed by atoms with Crippen LogP contribution in [0.5, 0.6) is 0 Å². The number of carbonyl (C=O) groups is 3. The van der Waals surface area contributed by atoms with E-state index in [-0.39, 0.29) is 32.2 Å². The molecular formula is C44H79NO8. The highest BCUT2D eigenvalue weighted by Gasteiger charge is 2.21. The van der Waals surface area contributed by atoms with Crippen molar-refractivity contribution < 1.29 is 42.9 Å². The first-order valence-electron chi connectivity index (χ1n) is 21.1. The van der Waals surface area contributed by atoms with Crippen LogP contribution in [0.4, 0.5) is 0 Å². The van der Waals surface area contributed by atoms with E-state index in [4.69, 9.17) is 18.9 Å². The van der Waals surface area contributed by atoms with Crippen molar-refractivity contribution in [3.8, 4) is 0 Å². The second-order valence-corrected chi connectivity index (χ2v) is 15.3. The Labute approximate surface area is 324 Å². The number of carboxylic acid groups (broad SMARTS) is 1. The van der Waals surface area contributed by atoms with Gasteiger partial charge in [0.2, 0.25) is 0 Å². The summed E-state index contributed by atoms with van der Waals surface area (Å²) in [7, 11) is 5.89. The molecule has 0 spiro atoms. The number of quaternary nitrogens is 1. The highest BCUT2D eigenvalue weighted by Crippen LogP contribution is 2.14. The fourth-order valence-electron chi connectivity index (χ4n) is 5.61. The van der Waals surface area contributed by atoms with Gasteiger partial charge in [0, 0.05) is 12.8 Å². The standard InChI is InChI=1S/C44H79NO8/c1-6-8-10-12-14-16-18-20-21-23-25-27-29-31-33-35-42(47)53-40(39-52-44(43(48)49)50-37-36-45(3,4)5)38-51-41(46)34-32-30-28-26-24-22-19-17-15-13-11-9-7-2/h8,10,14,16,20-21,40,44H,6-7,9,11-13,15,17-19,22-39H2,1-5H3/b10-8-,16-14-,21-20-. The number of likely N-dealkylation sites (N-methyl/N-ethyl adjacent to an activating group) is 1. The molecular weight excluding hydrogens is 670 g/mol. The molecule has 0 fully saturated rings. The monoisotopic (exact) mass is 750 g/mol. The van der Waals surface area contributed by atoms with Crippen molar-refractivity contribution >= 4 is 17.9 Å². The van der Waals surface area contributed by atoms with Gasteiger partial charge in [-0.15, -0.1) is 0 Å². The zero-order chi connectivity index (χ0) is 39.3. The van der Waals surface area contributed by atoms with Crippen LogP contribution in [0, 0.1) is 0 Å². The van der Waals surface area contributed by atoms with Crippen molar-refractivity contribution in [3.63, 3.8) is 0 Å². The Bertz CT molecular complexity index is 971. The van der Waals surface area contributed by atoms with Gasteiger partial charge in [-0.2, -0.15) is 0 Å². The fourth-order valence-corrected chi connectivity index (χ4v) is 5.61. The van der Waals surface area contributed by atoms with E-state index in [2.05, 4.69) is 50.3 Å². The molecule has 9 nitrogen and oxygen atoms in total. The number of ether oxygens (including phenoxy) is 4. The normalized spacial score (nSPS) is 13.3. The second kappa shape index (κ2) is 36.5. The van der Waals surface area contributed by atoms with Crippen molar-refractivity contribution in [3.05, 3.63) is 36.5 Å². The molecule has 2 unspecified atom stereocenters. The maximum Gasteiger partial charge on any atom is 0.306 e. The lowest BCUT2D eigenvalue weighted by Crippen LogP contribution is -2.44. The first-order valence-corrected chi connectivity index (χ1v) is 21.1. The van der Waals surface area contributed by atoms with Gasteiger partial charge in [-0.1, -0.05) is 147 Å². The average molecular weight is 750 g/mol. The van der Waals surface area contributed by atoms with E-state index < -0.39 is 24.3 Å². The average Bonchev–Trinajstić information content (AvgIpc) is 3.11. The number of nitrogens with zero attached hydrogens (tertiary/aromatic N) is 1. The summed E-state index contributed by atoms with van der Waals surface area (Å²) in [6.07, 6.45) is 36.0. The molecule has 0 aromatic carbocycles. The summed E-state index contributed by atoms with van der Waals surface area (Å²) in [5.41, 5.74) is 0. The van der Waals surface area contributed by atoms with E-state index >= 15 is 0 Å². The van der Waals surface area contributed by atoms with Crippen LogP contribution in [0.3, 0.4) is 0 Å². The molecule has 0 saturated carbocycles. The molecule has 0 aromatic heterocycles. The van der Waals surface area contributed by atoms with Gasteiger partial charge in [0.15, 0.2) is 12.4 Å². The summed E-state index contributed by atoms with van der Waals surface area (Å²) >= 11 is 0. The summed E-state index contributed by atoms with van der Waals surface area (Å²) < 4.78 is 22.5. The molecule has 2 atom stereocenters. The van der Waals surface area contributed by atoms with E-state index in [0.717, 1.165) is 70.6 Å². The molecule has 0 radical (unpaired) electrons. The van der Waals surface area contributed by atoms with Crippen LogP contribution >= 0.6 is 0 Å². The number of aliphatic carboxylic acids is 1. The van der Waals surface area contributed by atoms with E-state index in [1.165, 1.54) is 64.2 Å². The lowest BCUT2D eigenvalue weighted by molar-refractivity contribution is -0.870. The summed E-state index contributed by atoms with van der Waals surface area (Å²) in [4.78, 5) is 36.9. The highest BCUT2D eigenvalue weighted by molar-refractivity contribution is 5.70. The van der Waals surface area contributed by atoms with Crippen molar-refractivity contribution in [1.29, 1.82) is 0 Å². The van der Waals surface area contributed by atoms with Gasteiger partial charge < -0.3 is 33.3 Å². The van der Waals surface area contributed by atoms with E-state index in [9.17, 15) is 19.5 Å². The van der Waals surface area contributed by atoms with E-state index in [1.807, 2.05) is 21.1 Å². The first-order chi connectivity index (χ1) is 25.6. The number of carboxylic acids is 1. The number of carbonyl (C=O) groups excluding carboxylic acids is 3. The molecule has 0 heterocycles. The lowest BCUT2D eigenvalue weighted by atomic mass is 10.0. The van der Waals surface area contributed by atoms with E-state index in [1.54, 1.807) is 0 Å². The van der Waals surface area contributed by atoms with Crippen LogP contribution in [0.15, 0.2) is 36.5 Å². The highest BCUT2D eigenvalue weighted by atomic mass is 16.7. The number of unbranched alkanes of at least 4 members (excludes halogenated alkanes) is 17. The molecule has 0 amide bonds. The number of hydrogen-bond acceptors (Lipinski definition) is 8. The molecule has 9 heteroatoms. The molecule has 0 saturated heterocycles. The molecule has 0 aliphatic rings. The largest absolute Gasteiger partial charge is 0.545 e.